The largest absolute Gasteiger partial charge is 0.333 e. The van der Waals surface area contributed by atoms with E-state index in [4.69, 9.17) is 0 Å². The Balaban J connectivity index is 1.13. The number of aromatic nitrogens is 1. The van der Waals surface area contributed by atoms with E-state index in [1.165, 1.54) is 94.4 Å². The molecule has 2 nitrogen and oxygen atoms in total. The first-order valence-electron chi connectivity index (χ1n) is 23.7. The number of rotatable bonds is 8. The summed E-state index contributed by atoms with van der Waals surface area (Å²) >= 11 is 0. The average Bonchev–Trinajstić information content (AvgIpc) is 3.94. The molecular weight excluding hydrogens is 821 g/mol. The van der Waals surface area contributed by atoms with E-state index in [-0.39, 0.29) is 6.04 Å². The molecule has 1 aromatic heterocycles. The number of benzene rings is 10. The van der Waals surface area contributed by atoms with Crippen LogP contribution in [0.2, 0.25) is 0 Å². The van der Waals surface area contributed by atoms with Crippen LogP contribution in [0.5, 0.6) is 0 Å². The fourth-order valence-electron chi connectivity index (χ4n) is 11.3. The van der Waals surface area contributed by atoms with Gasteiger partial charge >= 0.3 is 0 Å². The van der Waals surface area contributed by atoms with Gasteiger partial charge in [0.15, 0.2) is 0 Å². The smallest absolute Gasteiger partial charge is 0.0629 e. The number of nitrogens with zero attached hydrogens (tertiary/aromatic N) is 2. The van der Waals surface area contributed by atoms with Crippen molar-refractivity contribution in [1.82, 2.24) is 4.57 Å². The number of para-hydroxylation sites is 3. The Morgan fingerprint density at radius 1 is 0.279 bits per heavy atom. The highest BCUT2D eigenvalue weighted by Crippen LogP contribution is 2.56. The molecule has 0 saturated heterocycles. The van der Waals surface area contributed by atoms with Crippen LogP contribution in [0.25, 0.3) is 94.3 Å². The van der Waals surface area contributed by atoms with Gasteiger partial charge in [-0.25, -0.2) is 0 Å². The van der Waals surface area contributed by atoms with Crippen molar-refractivity contribution >= 4 is 33.2 Å². The molecule has 10 aromatic carbocycles. The third kappa shape index (κ3) is 6.48. The molecule has 68 heavy (non-hydrogen) atoms. The molecule has 1 aliphatic carbocycles. The summed E-state index contributed by atoms with van der Waals surface area (Å²) in [7, 11) is 0. The molecule has 2 atom stereocenters. The molecule has 320 valence electrons. The second kappa shape index (κ2) is 16.6. The standard InChI is InChI=1S/C66H46N2/c1-5-21-45(22-6-1)61-62(46-23-7-2-8-24-46)64(48-27-11-4-12-28-48)66(50-39-43-52(44-40-50)68-59-35-19-15-31-55(59)56-32-16-20-36-60(56)68)65(63(61)47-25-9-3-10-26-47)49-37-41-51(42-38-49)67-57-33-17-13-29-53(57)54-30-14-18-34-58(54)67/h1-44,53,57H. The molecule has 0 amide bonds. The Morgan fingerprint density at radius 3 is 1.09 bits per heavy atom. The Morgan fingerprint density at radius 2 is 0.632 bits per heavy atom. The summed E-state index contributed by atoms with van der Waals surface area (Å²) in [4.78, 5) is 2.53. The van der Waals surface area contributed by atoms with Gasteiger partial charge in [-0.3, -0.25) is 0 Å². The average molecular weight is 867 g/mol. The monoisotopic (exact) mass is 866 g/mol. The van der Waals surface area contributed by atoms with Crippen molar-refractivity contribution in [3.63, 3.8) is 0 Å². The molecule has 13 rings (SSSR count). The zero-order valence-electron chi connectivity index (χ0n) is 37.5. The Labute approximate surface area is 397 Å². The van der Waals surface area contributed by atoms with Crippen molar-refractivity contribution in [3.8, 4) is 72.4 Å². The highest BCUT2D eigenvalue weighted by Gasteiger charge is 2.37. The Bertz CT molecular complexity index is 3640. The van der Waals surface area contributed by atoms with Crippen molar-refractivity contribution < 1.29 is 0 Å². The maximum Gasteiger partial charge on any atom is 0.0629 e. The summed E-state index contributed by atoms with van der Waals surface area (Å²) in [5.41, 5.74) is 21.6. The number of allylic oxidation sites excluding steroid dienone is 2. The molecule has 2 heteroatoms. The minimum Gasteiger partial charge on any atom is -0.333 e. The lowest BCUT2D eigenvalue weighted by molar-refractivity contribution is 0.745. The molecule has 0 N–H and O–H groups in total. The molecule has 0 spiro atoms. The minimum atomic E-state index is 0.214. The molecule has 0 bridgehead atoms. The molecule has 2 unspecified atom stereocenters. The lowest BCUT2D eigenvalue weighted by Crippen LogP contribution is -2.28. The predicted molar refractivity (Wildman–Crippen MR) is 287 cm³/mol. The van der Waals surface area contributed by atoms with E-state index in [1.807, 2.05) is 0 Å². The summed E-state index contributed by atoms with van der Waals surface area (Å²) in [6.07, 6.45) is 9.10. The molecule has 2 heterocycles. The van der Waals surface area contributed by atoms with Crippen molar-refractivity contribution in [1.29, 1.82) is 0 Å². The third-order valence-corrected chi connectivity index (χ3v) is 14.1. The SMILES string of the molecule is C1=CC2c3ccccc3N(c3ccc(-c4c(-c5ccccc5)c(-c5ccccc5)c(-c5ccccc5)c(-c5ccccc5)c4-c4ccc(-n5c6ccccc6c6ccccc65)cc4)cc3)C2C=C1. The number of fused-ring (bicyclic) bond motifs is 6. The van der Waals surface area contributed by atoms with E-state index < -0.39 is 0 Å². The van der Waals surface area contributed by atoms with Gasteiger partial charge in [-0.15, -0.1) is 0 Å². The number of hydrogen-bond donors (Lipinski definition) is 0. The van der Waals surface area contributed by atoms with Crippen LogP contribution in [-0.2, 0) is 0 Å². The van der Waals surface area contributed by atoms with Gasteiger partial charge in [0.2, 0.25) is 0 Å². The van der Waals surface area contributed by atoms with Crippen molar-refractivity contribution in [2.45, 2.75) is 12.0 Å². The van der Waals surface area contributed by atoms with Gasteiger partial charge in [0, 0.05) is 33.8 Å². The third-order valence-electron chi connectivity index (χ3n) is 14.1. The van der Waals surface area contributed by atoms with Gasteiger partial charge in [-0.05, 0) is 115 Å². The van der Waals surface area contributed by atoms with Crippen LogP contribution in [0.1, 0.15) is 11.5 Å². The summed E-state index contributed by atoms with van der Waals surface area (Å²) in [6.45, 7) is 0. The zero-order chi connectivity index (χ0) is 45.0. The topological polar surface area (TPSA) is 8.17 Å². The van der Waals surface area contributed by atoms with Crippen LogP contribution in [0.15, 0.2) is 267 Å². The van der Waals surface area contributed by atoms with Gasteiger partial charge in [-0.1, -0.05) is 224 Å². The predicted octanol–water partition coefficient (Wildman–Crippen LogP) is 17.5. The molecule has 0 saturated carbocycles. The summed E-state index contributed by atoms with van der Waals surface area (Å²) in [5, 5.41) is 2.51. The van der Waals surface area contributed by atoms with E-state index in [1.54, 1.807) is 0 Å². The number of hydrogen-bond acceptors (Lipinski definition) is 1. The second-order valence-electron chi connectivity index (χ2n) is 17.9. The van der Waals surface area contributed by atoms with Crippen LogP contribution in [0.3, 0.4) is 0 Å². The normalized spacial score (nSPS) is 14.9. The first-order chi connectivity index (χ1) is 33.8. The maximum absolute atomic E-state index is 2.53. The fourth-order valence-corrected chi connectivity index (χ4v) is 11.3. The fraction of sp³-hybridized carbons (Fsp3) is 0.0303. The Kier molecular flexibility index (Phi) is 9.68. The first kappa shape index (κ1) is 39.6. The highest BCUT2D eigenvalue weighted by molar-refractivity contribution is 6.15. The highest BCUT2D eigenvalue weighted by atomic mass is 15.2. The maximum atomic E-state index is 2.53. The Hall–Kier alpha value is -8.72. The lowest BCUT2D eigenvalue weighted by Gasteiger charge is -2.30. The van der Waals surface area contributed by atoms with Gasteiger partial charge < -0.3 is 9.47 Å². The lowest BCUT2D eigenvalue weighted by atomic mass is 9.74. The second-order valence-corrected chi connectivity index (χ2v) is 17.9. The molecular formula is C66H46N2. The summed E-state index contributed by atoms with van der Waals surface area (Å²) in [6, 6.07) is 89.6. The van der Waals surface area contributed by atoms with Crippen LogP contribution in [0, 0.1) is 0 Å². The molecule has 11 aromatic rings. The van der Waals surface area contributed by atoms with Crippen molar-refractivity contribution in [2.75, 3.05) is 4.90 Å². The first-order valence-corrected chi connectivity index (χ1v) is 23.7. The van der Waals surface area contributed by atoms with E-state index >= 15 is 0 Å². The minimum absolute atomic E-state index is 0.214. The summed E-state index contributed by atoms with van der Waals surface area (Å²) < 4.78 is 2.41. The van der Waals surface area contributed by atoms with Crippen LogP contribution >= 0.6 is 0 Å². The molecule has 0 radical (unpaired) electrons. The molecule has 2 aliphatic rings. The molecule has 1 aliphatic heterocycles. The van der Waals surface area contributed by atoms with Crippen LogP contribution in [-0.4, -0.2) is 10.6 Å². The van der Waals surface area contributed by atoms with E-state index in [9.17, 15) is 0 Å². The van der Waals surface area contributed by atoms with Crippen LogP contribution in [0.4, 0.5) is 11.4 Å². The van der Waals surface area contributed by atoms with Crippen molar-refractivity contribution in [2.24, 2.45) is 0 Å². The van der Waals surface area contributed by atoms with E-state index in [0.29, 0.717) is 5.92 Å². The van der Waals surface area contributed by atoms with E-state index in [0.717, 1.165) is 16.8 Å². The molecule has 0 fully saturated rings. The van der Waals surface area contributed by atoms with E-state index in [2.05, 4.69) is 276 Å². The van der Waals surface area contributed by atoms with Gasteiger partial charge in [0.25, 0.3) is 0 Å². The van der Waals surface area contributed by atoms with Gasteiger partial charge in [0.1, 0.15) is 0 Å². The van der Waals surface area contributed by atoms with Gasteiger partial charge in [-0.2, -0.15) is 0 Å². The number of anilines is 2. The quantitative estimate of drug-likeness (QED) is 0.148. The van der Waals surface area contributed by atoms with Crippen molar-refractivity contribution in [3.05, 3.63) is 273 Å². The zero-order valence-corrected chi connectivity index (χ0v) is 37.5. The summed E-state index contributed by atoms with van der Waals surface area (Å²) in [5.74, 6) is 0.310. The van der Waals surface area contributed by atoms with Crippen LogP contribution < -0.4 is 4.90 Å². The van der Waals surface area contributed by atoms with Gasteiger partial charge in [0.05, 0.1) is 17.1 Å².